The largest absolute Gasteiger partial charge is 0.376 e. The zero-order valence-corrected chi connectivity index (χ0v) is 16.9. The molecule has 2 aliphatic rings. The minimum atomic E-state index is -0.390. The van der Waals surface area contributed by atoms with Gasteiger partial charge in [-0.3, -0.25) is 9.69 Å². The molecule has 2 atom stereocenters. The minimum absolute atomic E-state index is 0.114. The molecule has 1 amide bonds. The summed E-state index contributed by atoms with van der Waals surface area (Å²) < 4.78 is 11.5. The van der Waals surface area contributed by atoms with E-state index in [0.29, 0.717) is 6.61 Å². The lowest BCUT2D eigenvalue weighted by atomic mass is 10.1. The molecule has 5 nitrogen and oxygen atoms in total. The smallest absolute Gasteiger partial charge is 0.251 e. The Morgan fingerprint density at radius 2 is 2.04 bits per heavy atom. The molecule has 0 N–H and O–H groups in total. The van der Waals surface area contributed by atoms with Crippen LogP contribution in [0.15, 0.2) is 24.3 Å². The first kappa shape index (κ1) is 20.3. The van der Waals surface area contributed by atoms with E-state index >= 15 is 0 Å². The molecule has 2 fully saturated rings. The van der Waals surface area contributed by atoms with Crippen molar-refractivity contribution in [2.75, 3.05) is 39.4 Å². The van der Waals surface area contributed by atoms with Gasteiger partial charge in [-0.15, -0.1) is 0 Å². The van der Waals surface area contributed by atoms with Crippen molar-refractivity contribution in [3.05, 3.63) is 35.4 Å². The molecule has 2 saturated heterocycles. The summed E-state index contributed by atoms with van der Waals surface area (Å²) in [5, 5.41) is 0. The summed E-state index contributed by atoms with van der Waals surface area (Å²) in [6.45, 7) is 9.88. The van der Waals surface area contributed by atoms with Crippen LogP contribution in [0.4, 0.5) is 0 Å². The Kier molecular flexibility index (Phi) is 7.68. The number of ether oxygens (including phenoxy) is 2. The topological polar surface area (TPSA) is 42.0 Å². The average molecular weight is 375 g/mol. The third-order valence-electron chi connectivity index (χ3n) is 5.71. The Hall–Kier alpha value is -1.43. The molecule has 5 heteroatoms. The highest BCUT2D eigenvalue weighted by molar-refractivity contribution is 5.80. The Labute approximate surface area is 163 Å². The number of rotatable bonds is 6. The van der Waals surface area contributed by atoms with Crippen molar-refractivity contribution in [2.45, 2.75) is 58.3 Å². The number of hydrogen-bond acceptors (Lipinski definition) is 4. The van der Waals surface area contributed by atoms with E-state index in [-0.39, 0.29) is 12.0 Å². The van der Waals surface area contributed by atoms with Crippen molar-refractivity contribution < 1.29 is 14.3 Å². The maximum absolute atomic E-state index is 12.8. The van der Waals surface area contributed by atoms with Crippen LogP contribution < -0.4 is 0 Å². The van der Waals surface area contributed by atoms with Gasteiger partial charge in [-0.25, -0.2) is 0 Å². The Morgan fingerprint density at radius 1 is 1.19 bits per heavy atom. The van der Waals surface area contributed by atoms with E-state index in [1.54, 1.807) is 0 Å². The summed E-state index contributed by atoms with van der Waals surface area (Å²) in [4.78, 5) is 17.2. The number of carbonyl (C=O) groups excluding carboxylic acids is 1. The van der Waals surface area contributed by atoms with Crippen molar-refractivity contribution in [3.63, 3.8) is 0 Å². The number of benzene rings is 1. The van der Waals surface area contributed by atoms with Crippen molar-refractivity contribution in [1.82, 2.24) is 9.80 Å². The summed E-state index contributed by atoms with van der Waals surface area (Å²) in [6, 6.07) is 8.55. The van der Waals surface area contributed by atoms with Crippen LogP contribution in [0.1, 0.15) is 43.7 Å². The van der Waals surface area contributed by atoms with Gasteiger partial charge in [0.15, 0.2) is 0 Å². The summed E-state index contributed by atoms with van der Waals surface area (Å²) in [6.07, 6.45) is 4.15. The molecule has 27 heavy (non-hydrogen) atoms. The molecule has 0 radical (unpaired) electrons. The van der Waals surface area contributed by atoms with Crippen LogP contribution in [0, 0.1) is 6.92 Å². The monoisotopic (exact) mass is 374 g/mol. The van der Waals surface area contributed by atoms with Crippen LogP contribution in [0.5, 0.6) is 0 Å². The standard InChI is InChI=1S/C22H34N2O3/c1-18-8-3-4-9-20(18)16-23-11-7-12-24(14-13-23)22(25)19(2)27-17-21-10-5-6-15-26-21/h3-4,8-9,19,21H,5-7,10-17H2,1-2H3. The first-order chi connectivity index (χ1) is 13.1. The molecule has 0 aliphatic carbocycles. The van der Waals surface area contributed by atoms with E-state index < -0.39 is 6.10 Å². The van der Waals surface area contributed by atoms with Crippen LogP contribution in [-0.4, -0.2) is 67.3 Å². The predicted octanol–water partition coefficient (Wildman–Crippen LogP) is 3.00. The van der Waals surface area contributed by atoms with Crippen molar-refractivity contribution in [2.24, 2.45) is 0 Å². The fraction of sp³-hybridized carbons (Fsp3) is 0.682. The van der Waals surface area contributed by atoms with E-state index in [1.165, 1.54) is 17.5 Å². The second kappa shape index (κ2) is 10.2. The quantitative estimate of drug-likeness (QED) is 0.768. The lowest BCUT2D eigenvalue weighted by Gasteiger charge is -2.27. The molecule has 0 saturated carbocycles. The lowest BCUT2D eigenvalue weighted by molar-refractivity contribution is -0.146. The SMILES string of the molecule is Cc1ccccc1CN1CCCN(C(=O)C(C)OCC2CCCCO2)CC1. The summed E-state index contributed by atoms with van der Waals surface area (Å²) in [5.41, 5.74) is 2.71. The number of carbonyl (C=O) groups is 1. The molecule has 150 valence electrons. The van der Waals surface area contributed by atoms with Crippen LogP contribution in [-0.2, 0) is 20.8 Å². The molecule has 2 aliphatic heterocycles. The van der Waals surface area contributed by atoms with Gasteiger partial charge in [0.1, 0.15) is 6.10 Å². The van der Waals surface area contributed by atoms with Crippen LogP contribution in [0.2, 0.25) is 0 Å². The van der Waals surface area contributed by atoms with Crippen molar-refractivity contribution in [3.8, 4) is 0 Å². The van der Waals surface area contributed by atoms with Gasteiger partial charge in [-0.05, 0) is 50.7 Å². The van der Waals surface area contributed by atoms with E-state index in [2.05, 4.69) is 36.1 Å². The predicted molar refractivity (Wildman–Crippen MR) is 107 cm³/mol. The van der Waals surface area contributed by atoms with Crippen molar-refractivity contribution >= 4 is 5.91 Å². The van der Waals surface area contributed by atoms with Crippen LogP contribution in [0.25, 0.3) is 0 Å². The molecular weight excluding hydrogens is 340 g/mol. The second-order valence-electron chi connectivity index (χ2n) is 7.85. The summed E-state index contributed by atoms with van der Waals surface area (Å²) in [5.74, 6) is 0.114. The van der Waals surface area contributed by atoms with Gasteiger partial charge < -0.3 is 14.4 Å². The molecule has 1 aromatic rings. The Bertz CT molecular complexity index is 601. The molecule has 0 bridgehead atoms. The molecule has 3 rings (SSSR count). The lowest BCUT2D eigenvalue weighted by Crippen LogP contribution is -2.42. The highest BCUT2D eigenvalue weighted by Crippen LogP contribution is 2.15. The van der Waals surface area contributed by atoms with Crippen LogP contribution >= 0.6 is 0 Å². The van der Waals surface area contributed by atoms with Gasteiger partial charge >= 0.3 is 0 Å². The van der Waals surface area contributed by atoms with Gasteiger partial charge in [-0.1, -0.05) is 24.3 Å². The fourth-order valence-corrected chi connectivity index (χ4v) is 3.90. The normalized spacial score (nSPS) is 23.0. The number of aryl methyl sites for hydroxylation is 1. The zero-order valence-electron chi connectivity index (χ0n) is 16.9. The zero-order chi connectivity index (χ0) is 19.1. The third kappa shape index (κ3) is 6.03. The van der Waals surface area contributed by atoms with Gasteiger partial charge in [0.2, 0.25) is 0 Å². The summed E-state index contributed by atoms with van der Waals surface area (Å²) in [7, 11) is 0. The molecule has 0 aromatic heterocycles. The Morgan fingerprint density at radius 3 is 2.81 bits per heavy atom. The molecule has 0 spiro atoms. The molecule has 2 unspecified atom stereocenters. The maximum Gasteiger partial charge on any atom is 0.251 e. The third-order valence-corrected chi connectivity index (χ3v) is 5.71. The first-order valence-electron chi connectivity index (χ1n) is 10.4. The number of amides is 1. The van der Waals surface area contributed by atoms with Crippen LogP contribution in [0.3, 0.4) is 0 Å². The fourth-order valence-electron chi connectivity index (χ4n) is 3.90. The summed E-state index contributed by atoms with van der Waals surface area (Å²) >= 11 is 0. The number of nitrogens with zero attached hydrogens (tertiary/aromatic N) is 2. The van der Waals surface area contributed by atoms with E-state index in [1.807, 2.05) is 11.8 Å². The van der Waals surface area contributed by atoms with E-state index in [9.17, 15) is 4.79 Å². The highest BCUT2D eigenvalue weighted by atomic mass is 16.5. The first-order valence-corrected chi connectivity index (χ1v) is 10.4. The highest BCUT2D eigenvalue weighted by Gasteiger charge is 2.25. The van der Waals surface area contributed by atoms with Gasteiger partial charge in [0.25, 0.3) is 5.91 Å². The van der Waals surface area contributed by atoms with Gasteiger partial charge in [0, 0.05) is 39.3 Å². The maximum atomic E-state index is 12.8. The molecule has 1 aromatic carbocycles. The average Bonchev–Trinajstić information content (AvgIpc) is 2.94. The van der Waals surface area contributed by atoms with E-state index in [4.69, 9.17) is 9.47 Å². The Balaban J connectivity index is 1.45. The minimum Gasteiger partial charge on any atom is -0.376 e. The molecular formula is C22H34N2O3. The van der Waals surface area contributed by atoms with Gasteiger partial charge in [-0.2, -0.15) is 0 Å². The molecule has 2 heterocycles. The number of hydrogen-bond donors (Lipinski definition) is 0. The van der Waals surface area contributed by atoms with Crippen molar-refractivity contribution in [1.29, 1.82) is 0 Å². The van der Waals surface area contributed by atoms with E-state index in [0.717, 1.165) is 58.6 Å². The van der Waals surface area contributed by atoms with Gasteiger partial charge in [0.05, 0.1) is 12.7 Å². The second-order valence-corrected chi connectivity index (χ2v) is 7.85.